The van der Waals surface area contributed by atoms with Crippen molar-refractivity contribution in [3.05, 3.63) is 89.7 Å². The lowest BCUT2D eigenvalue weighted by Crippen LogP contribution is -2.15. The molecule has 172 valence electrons. The summed E-state index contributed by atoms with van der Waals surface area (Å²) in [4.78, 5) is 34.1. The Labute approximate surface area is 198 Å². The number of hydrogen-bond donors (Lipinski definition) is 2. The van der Waals surface area contributed by atoms with E-state index < -0.39 is 0 Å². The minimum Gasteiger partial charge on any atom is -0.493 e. The minimum absolute atomic E-state index is 0.260. The fourth-order valence-electron chi connectivity index (χ4n) is 3.33. The van der Waals surface area contributed by atoms with Gasteiger partial charge in [0.2, 0.25) is 0 Å². The summed E-state index contributed by atoms with van der Waals surface area (Å²) < 4.78 is 5.72. The van der Waals surface area contributed by atoms with Crippen molar-refractivity contribution in [1.82, 2.24) is 9.97 Å². The average Bonchev–Trinajstić information content (AvgIpc) is 2.84. The van der Waals surface area contributed by atoms with E-state index in [1.165, 1.54) is 0 Å². The van der Waals surface area contributed by atoms with E-state index in [-0.39, 0.29) is 11.8 Å². The third-order valence-corrected chi connectivity index (χ3v) is 5.15. The molecule has 7 nitrogen and oxygen atoms in total. The first kappa shape index (κ1) is 22.9. The maximum atomic E-state index is 12.9. The fourth-order valence-corrected chi connectivity index (χ4v) is 3.33. The molecular formula is C27H26N4O3. The van der Waals surface area contributed by atoms with Gasteiger partial charge in [-0.3, -0.25) is 19.6 Å². The summed E-state index contributed by atoms with van der Waals surface area (Å²) in [5, 5.41) is 5.81. The van der Waals surface area contributed by atoms with Crippen molar-refractivity contribution < 1.29 is 14.3 Å². The molecule has 0 atom stereocenters. The number of benzene rings is 3. The molecule has 2 amide bonds. The van der Waals surface area contributed by atoms with Gasteiger partial charge in [-0.15, -0.1) is 0 Å². The number of carbonyl (C=O) groups excluding carboxylic acids is 2. The number of amides is 2. The van der Waals surface area contributed by atoms with Crippen LogP contribution in [0.3, 0.4) is 0 Å². The van der Waals surface area contributed by atoms with Crippen LogP contribution in [0.5, 0.6) is 5.75 Å². The summed E-state index contributed by atoms with van der Waals surface area (Å²) in [5.41, 5.74) is 4.38. The summed E-state index contributed by atoms with van der Waals surface area (Å²) >= 11 is 0. The van der Waals surface area contributed by atoms with Gasteiger partial charge < -0.3 is 15.4 Å². The molecule has 1 aromatic heterocycles. The van der Waals surface area contributed by atoms with Gasteiger partial charge in [-0.1, -0.05) is 26.0 Å². The summed E-state index contributed by atoms with van der Waals surface area (Å²) in [6.07, 6.45) is 3.20. The number of rotatable bonds is 7. The van der Waals surface area contributed by atoms with Crippen molar-refractivity contribution in [1.29, 1.82) is 0 Å². The molecule has 7 heteroatoms. The standard InChI is InChI=1S/C27H26N4O3/c1-17(2)16-34-22-6-4-5-19(13-22)26(32)30-21-9-7-18(3)24(15-21)31-27(33)20-8-10-23-25(14-20)29-12-11-28-23/h4-15,17H,16H2,1-3H3,(H,30,32)(H,31,33). The lowest BCUT2D eigenvalue weighted by atomic mass is 10.1. The van der Waals surface area contributed by atoms with Gasteiger partial charge in [0, 0.05) is 34.9 Å². The number of carbonyl (C=O) groups is 2. The third kappa shape index (κ3) is 5.56. The second-order valence-corrected chi connectivity index (χ2v) is 8.43. The first-order chi connectivity index (χ1) is 16.4. The van der Waals surface area contributed by atoms with E-state index in [9.17, 15) is 9.59 Å². The van der Waals surface area contributed by atoms with Gasteiger partial charge >= 0.3 is 0 Å². The number of aryl methyl sites for hydroxylation is 1. The van der Waals surface area contributed by atoms with Crippen molar-refractivity contribution in [2.45, 2.75) is 20.8 Å². The first-order valence-electron chi connectivity index (χ1n) is 11.1. The van der Waals surface area contributed by atoms with Gasteiger partial charge in [-0.2, -0.15) is 0 Å². The van der Waals surface area contributed by atoms with Gasteiger partial charge in [-0.05, 0) is 66.9 Å². The Bertz CT molecular complexity index is 1350. The second-order valence-electron chi connectivity index (χ2n) is 8.43. The van der Waals surface area contributed by atoms with Crippen LogP contribution < -0.4 is 15.4 Å². The van der Waals surface area contributed by atoms with E-state index in [4.69, 9.17) is 4.74 Å². The van der Waals surface area contributed by atoms with Crippen molar-refractivity contribution in [3.63, 3.8) is 0 Å². The monoisotopic (exact) mass is 454 g/mol. The number of anilines is 2. The topological polar surface area (TPSA) is 93.2 Å². The largest absolute Gasteiger partial charge is 0.493 e. The molecule has 0 fully saturated rings. The quantitative estimate of drug-likeness (QED) is 0.386. The van der Waals surface area contributed by atoms with Gasteiger partial charge in [-0.25, -0.2) is 0 Å². The summed E-state index contributed by atoms with van der Waals surface area (Å²) in [7, 11) is 0. The van der Waals surface area contributed by atoms with Crippen molar-refractivity contribution in [2.24, 2.45) is 5.92 Å². The zero-order valence-corrected chi connectivity index (χ0v) is 19.3. The van der Waals surface area contributed by atoms with Gasteiger partial charge in [0.05, 0.1) is 17.6 Å². The maximum Gasteiger partial charge on any atom is 0.255 e. The van der Waals surface area contributed by atoms with E-state index in [1.54, 1.807) is 60.9 Å². The Morgan fingerprint density at radius 3 is 2.38 bits per heavy atom. The number of aromatic nitrogens is 2. The van der Waals surface area contributed by atoms with E-state index in [2.05, 4.69) is 34.4 Å². The maximum absolute atomic E-state index is 12.9. The van der Waals surface area contributed by atoms with Crippen LogP contribution in [0.2, 0.25) is 0 Å². The molecule has 4 rings (SSSR count). The Kier molecular flexibility index (Phi) is 6.82. The molecule has 3 aromatic carbocycles. The lowest BCUT2D eigenvalue weighted by molar-refractivity contribution is 0.101. The highest BCUT2D eigenvalue weighted by Crippen LogP contribution is 2.23. The molecule has 0 spiro atoms. The Morgan fingerprint density at radius 1 is 0.853 bits per heavy atom. The number of ether oxygens (including phenoxy) is 1. The summed E-state index contributed by atoms with van der Waals surface area (Å²) in [6.45, 7) is 6.61. The molecule has 0 saturated heterocycles. The summed E-state index contributed by atoms with van der Waals surface area (Å²) in [6, 6.07) is 17.6. The van der Waals surface area contributed by atoms with Crippen LogP contribution in [-0.4, -0.2) is 28.4 Å². The van der Waals surface area contributed by atoms with Gasteiger partial charge in [0.15, 0.2) is 0 Å². The predicted molar refractivity (Wildman–Crippen MR) is 133 cm³/mol. The average molecular weight is 455 g/mol. The smallest absolute Gasteiger partial charge is 0.255 e. The number of hydrogen-bond acceptors (Lipinski definition) is 5. The third-order valence-electron chi connectivity index (χ3n) is 5.15. The molecule has 1 heterocycles. The fraction of sp³-hybridized carbons (Fsp3) is 0.185. The highest BCUT2D eigenvalue weighted by molar-refractivity contribution is 6.07. The van der Waals surface area contributed by atoms with Crippen LogP contribution in [0.15, 0.2) is 73.1 Å². The zero-order chi connectivity index (χ0) is 24.1. The van der Waals surface area contributed by atoms with Gasteiger partial charge in [0.25, 0.3) is 11.8 Å². The molecule has 0 unspecified atom stereocenters. The van der Waals surface area contributed by atoms with E-state index in [0.717, 1.165) is 11.1 Å². The SMILES string of the molecule is Cc1ccc(NC(=O)c2cccc(OCC(C)C)c2)cc1NC(=O)c1ccc2nccnc2c1. The lowest BCUT2D eigenvalue weighted by Gasteiger charge is -2.13. The van der Waals surface area contributed by atoms with Gasteiger partial charge in [0.1, 0.15) is 5.75 Å². The molecule has 4 aromatic rings. The molecule has 34 heavy (non-hydrogen) atoms. The van der Waals surface area contributed by atoms with Crippen molar-refractivity contribution >= 4 is 34.2 Å². The van der Waals surface area contributed by atoms with E-state index in [1.807, 2.05) is 19.1 Å². The molecular weight excluding hydrogens is 428 g/mol. The number of nitrogens with zero attached hydrogens (tertiary/aromatic N) is 2. The van der Waals surface area contributed by atoms with Crippen molar-refractivity contribution in [2.75, 3.05) is 17.2 Å². The van der Waals surface area contributed by atoms with Crippen LogP contribution in [0, 0.1) is 12.8 Å². The van der Waals surface area contributed by atoms with Crippen LogP contribution in [0.25, 0.3) is 11.0 Å². The van der Waals surface area contributed by atoms with Crippen LogP contribution in [-0.2, 0) is 0 Å². The summed E-state index contributed by atoms with van der Waals surface area (Å²) in [5.74, 6) is 0.512. The van der Waals surface area contributed by atoms with Crippen LogP contribution >= 0.6 is 0 Å². The molecule has 0 aliphatic heterocycles. The highest BCUT2D eigenvalue weighted by atomic mass is 16.5. The predicted octanol–water partition coefficient (Wildman–Crippen LogP) is 5.48. The first-order valence-corrected chi connectivity index (χ1v) is 11.1. The van der Waals surface area contributed by atoms with Crippen LogP contribution in [0.4, 0.5) is 11.4 Å². The highest BCUT2D eigenvalue weighted by Gasteiger charge is 2.12. The van der Waals surface area contributed by atoms with Crippen LogP contribution in [0.1, 0.15) is 40.1 Å². The molecule has 0 aliphatic carbocycles. The molecule has 0 saturated carbocycles. The molecule has 0 radical (unpaired) electrons. The van der Waals surface area contributed by atoms with Crippen molar-refractivity contribution in [3.8, 4) is 5.75 Å². The molecule has 0 aliphatic rings. The Balaban J connectivity index is 1.48. The minimum atomic E-state index is -0.269. The van der Waals surface area contributed by atoms with E-state index in [0.29, 0.717) is 46.3 Å². The molecule has 0 bridgehead atoms. The zero-order valence-electron chi connectivity index (χ0n) is 19.3. The second kappa shape index (κ2) is 10.1. The van der Waals surface area contributed by atoms with E-state index >= 15 is 0 Å². The number of nitrogens with one attached hydrogen (secondary N) is 2. The Morgan fingerprint density at radius 2 is 1.59 bits per heavy atom. The Hall–Kier alpha value is -4.26. The number of fused-ring (bicyclic) bond motifs is 1. The molecule has 2 N–H and O–H groups in total. The normalized spacial score (nSPS) is 10.8.